The number of methoxy groups -OCH3 is 1. The molecule has 0 N–H and O–H groups in total. The van der Waals surface area contributed by atoms with Gasteiger partial charge in [-0.1, -0.05) is 6.07 Å². The Morgan fingerprint density at radius 2 is 1.52 bits per heavy atom. The van der Waals surface area contributed by atoms with Gasteiger partial charge in [0.15, 0.2) is 5.75 Å². The van der Waals surface area contributed by atoms with Gasteiger partial charge in [-0.3, -0.25) is 19.7 Å². The number of ether oxygens (including phenoxy) is 2. The molecule has 0 bridgehead atoms. The zero-order valence-electron chi connectivity index (χ0n) is 17.8. The molecular formula is C22H25N3O6. The number of rotatable bonds is 6. The van der Waals surface area contributed by atoms with E-state index in [0.29, 0.717) is 37.5 Å². The summed E-state index contributed by atoms with van der Waals surface area (Å²) in [5, 5.41) is 11.3. The summed E-state index contributed by atoms with van der Waals surface area (Å²) >= 11 is 0. The van der Waals surface area contributed by atoms with E-state index >= 15 is 0 Å². The number of carbonyl (C=O) groups is 2. The summed E-state index contributed by atoms with van der Waals surface area (Å²) in [5.74, 6) is 0.349. The summed E-state index contributed by atoms with van der Waals surface area (Å²) in [6, 6.07) is 9.52. The molecule has 1 heterocycles. The van der Waals surface area contributed by atoms with E-state index in [1.807, 2.05) is 13.0 Å². The van der Waals surface area contributed by atoms with E-state index in [-0.39, 0.29) is 35.4 Å². The first-order valence-electron chi connectivity index (χ1n) is 10.00. The van der Waals surface area contributed by atoms with E-state index in [0.717, 1.165) is 5.56 Å². The van der Waals surface area contributed by atoms with Crippen molar-refractivity contribution in [1.82, 2.24) is 9.80 Å². The molecular weight excluding hydrogens is 402 g/mol. The average Bonchev–Trinajstić information content (AvgIpc) is 2.79. The third-order valence-electron chi connectivity index (χ3n) is 5.21. The third kappa shape index (κ3) is 4.76. The van der Waals surface area contributed by atoms with Crippen LogP contribution >= 0.6 is 0 Å². The van der Waals surface area contributed by atoms with Gasteiger partial charge >= 0.3 is 5.69 Å². The summed E-state index contributed by atoms with van der Waals surface area (Å²) in [5.41, 5.74) is 1.45. The maximum atomic E-state index is 12.9. The van der Waals surface area contributed by atoms with Crippen molar-refractivity contribution in [2.75, 3.05) is 39.9 Å². The molecule has 1 saturated heterocycles. The highest BCUT2D eigenvalue weighted by atomic mass is 16.6. The summed E-state index contributed by atoms with van der Waals surface area (Å²) in [6.07, 6.45) is 0. The Hall–Kier alpha value is -3.62. The van der Waals surface area contributed by atoms with Crippen LogP contribution < -0.4 is 9.47 Å². The van der Waals surface area contributed by atoms with Crippen molar-refractivity contribution < 1.29 is 24.0 Å². The maximum Gasteiger partial charge on any atom is 0.311 e. The largest absolute Gasteiger partial charge is 0.496 e. The Morgan fingerprint density at radius 1 is 0.968 bits per heavy atom. The molecule has 164 valence electrons. The standard InChI is InChI=1S/C22H25N3O6/c1-4-31-19-8-7-16(13-18(19)25(28)29)21(26)23-9-11-24(12-10-23)22(27)17-6-5-15(2)20(14-17)30-3/h5-8,13-14H,4,9-12H2,1-3H3. The molecule has 0 aromatic heterocycles. The molecule has 9 heteroatoms. The SMILES string of the molecule is CCOc1ccc(C(=O)N2CCN(C(=O)c3ccc(C)c(OC)c3)CC2)cc1[N+](=O)[O-]. The lowest BCUT2D eigenvalue weighted by atomic mass is 10.1. The van der Waals surface area contributed by atoms with E-state index in [9.17, 15) is 19.7 Å². The van der Waals surface area contributed by atoms with E-state index < -0.39 is 4.92 Å². The second-order valence-corrected chi connectivity index (χ2v) is 7.14. The Labute approximate surface area is 180 Å². The molecule has 2 amide bonds. The fourth-order valence-corrected chi connectivity index (χ4v) is 3.50. The van der Waals surface area contributed by atoms with Crippen LogP contribution in [0.3, 0.4) is 0 Å². The first-order chi connectivity index (χ1) is 14.8. The van der Waals surface area contributed by atoms with Crippen molar-refractivity contribution in [3.05, 3.63) is 63.2 Å². The van der Waals surface area contributed by atoms with E-state index in [4.69, 9.17) is 9.47 Å². The van der Waals surface area contributed by atoms with Crippen LogP contribution in [0.25, 0.3) is 0 Å². The summed E-state index contributed by atoms with van der Waals surface area (Å²) in [7, 11) is 1.56. The summed E-state index contributed by atoms with van der Waals surface area (Å²) in [4.78, 5) is 39.7. The lowest BCUT2D eigenvalue weighted by molar-refractivity contribution is -0.385. The summed E-state index contributed by atoms with van der Waals surface area (Å²) in [6.45, 7) is 5.36. The minimum Gasteiger partial charge on any atom is -0.496 e. The number of nitrogens with zero attached hydrogens (tertiary/aromatic N) is 3. The van der Waals surface area contributed by atoms with Crippen LogP contribution in [-0.4, -0.2) is 66.4 Å². The first-order valence-corrected chi connectivity index (χ1v) is 10.00. The van der Waals surface area contributed by atoms with Crippen molar-refractivity contribution in [2.45, 2.75) is 13.8 Å². The minimum absolute atomic E-state index is 0.123. The van der Waals surface area contributed by atoms with Crippen LogP contribution in [-0.2, 0) is 0 Å². The zero-order chi connectivity index (χ0) is 22.5. The molecule has 0 saturated carbocycles. The van der Waals surface area contributed by atoms with Crippen LogP contribution in [0.2, 0.25) is 0 Å². The smallest absolute Gasteiger partial charge is 0.311 e. The quantitative estimate of drug-likeness (QED) is 0.519. The van der Waals surface area contributed by atoms with Gasteiger partial charge in [0.2, 0.25) is 0 Å². The van der Waals surface area contributed by atoms with Crippen LogP contribution in [0, 0.1) is 17.0 Å². The molecule has 2 aromatic carbocycles. The van der Waals surface area contributed by atoms with E-state index in [2.05, 4.69) is 0 Å². The second-order valence-electron chi connectivity index (χ2n) is 7.14. The Morgan fingerprint density at radius 3 is 2.03 bits per heavy atom. The maximum absolute atomic E-state index is 12.9. The van der Waals surface area contributed by atoms with Crippen molar-refractivity contribution in [3.63, 3.8) is 0 Å². The van der Waals surface area contributed by atoms with Crippen molar-refractivity contribution in [2.24, 2.45) is 0 Å². The molecule has 31 heavy (non-hydrogen) atoms. The van der Waals surface area contributed by atoms with Gasteiger partial charge in [-0.25, -0.2) is 0 Å². The molecule has 2 aromatic rings. The number of amides is 2. The number of carbonyl (C=O) groups excluding carboxylic acids is 2. The lowest BCUT2D eigenvalue weighted by Gasteiger charge is -2.35. The zero-order valence-corrected chi connectivity index (χ0v) is 17.8. The Kier molecular flexibility index (Phi) is 6.74. The number of nitro groups is 1. The molecule has 9 nitrogen and oxygen atoms in total. The molecule has 0 radical (unpaired) electrons. The fourth-order valence-electron chi connectivity index (χ4n) is 3.50. The van der Waals surface area contributed by atoms with Gasteiger partial charge in [-0.05, 0) is 43.7 Å². The van der Waals surface area contributed by atoms with Gasteiger partial charge in [-0.2, -0.15) is 0 Å². The third-order valence-corrected chi connectivity index (χ3v) is 5.21. The number of benzene rings is 2. The Balaban J connectivity index is 1.68. The van der Waals surface area contributed by atoms with E-state index in [1.165, 1.54) is 18.2 Å². The molecule has 1 aliphatic rings. The van der Waals surface area contributed by atoms with Gasteiger partial charge < -0.3 is 19.3 Å². The number of nitro benzene ring substituents is 1. The van der Waals surface area contributed by atoms with Crippen LogP contribution in [0.1, 0.15) is 33.2 Å². The molecule has 1 aliphatic heterocycles. The number of hydrogen-bond acceptors (Lipinski definition) is 6. The number of piperazine rings is 1. The van der Waals surface area contributed by atoms with Crippen LogP contribution in [0.15, 0.2) is 36.4 Å². The van der Waals surface area contributed by atoms with Crippen molar-refractivity contribution in [1.29, 1.82) is 0 Å². The predicted molar refractivity (Wildman–Crippen MR) is 114 cm³/mol. The van der Waals surface area contributed by atoms with Crippen LogP contribution in [0.5, 0.6) is 11.5 Å². The van der Waals surface area contributed by atoms with Gasteiger partial charge in [-0.15, -0.1) is 0 Å². The highest BCUT2D eigenvalue weighted by molar-refractivity contribution is 5.96. The molecule has 0 spiro atoms. The number of aryl methyl sites for hydroxylation is 1. The van der Waals surface area contributed by atoms with Gasteiger partial charge in [0.1, 0.15) is 5.75 Å². The average molecular weight is 427 g/mol. The van der Waals surface area contributed by atoms with Crippen molar-refractivity contribution >= 4 is 17.5 Å². The van der Waals surface area contributed by atoms with Gasteiger partial charge in [0, 0.05) is 43.4 Å². The van der Waals surface area contributed by atoms with Crippen molar-refractivity contribution in [3.8, 4) is 11.5 Å². The molecule has 1 fully saturated rings. The van der Waals surface area contributed by atoms with E-state index in [1.54, 1.807) is 36.0 Å². The lowest BCUT2D eigenvalue weighted by Crippen LogP contribution is -2.50. The highest BCUT2D eigenvalue weighted by Crippen LogP contribution is 2.29. The normalized spacial score (nSPS) is 13.6. The molecule has 3 rings (SSSR count). The van der Waals surface area contributed by atoms with Gasteiger partial charge in [0.05, 0.1) is 18.6 Å². The topological polar surface area (TPSA) is 102 Å². The summed E-state index contributed by atoms with van der Waals surface area (Å²) < 4.78 is 10.6. The second kappa shape index (κ2) is 9.46. The fraction of sp³-hybridized carbons (Fsp3) is 0.364. The minimum atomic E-state index is -0.561. The predicted octanol–water partition coefficient (Wildman–Crippen LogP) is 2.91. The Bertz CT molecular complexity index is 999. The number of hydrogen-bond donors (Lipinski definition) is 0. The molecule has 0 aliphatic carbocycles. The van der Waals surface area contributed by atoms with Gasteiger partial charge in [0.25, 0.3) is 11.8 Å². The molecule has 0 unspecified atom stereocenters. The monoisotopic (exact) mass is 427 g/mol. The first kappa shape index (κ1) is 22.1. The highest BCUT2D eigenvalue weighted by Gasteiger charge is 2.27. The van der Waals surface area contributed by atoms with Crippen LogP contribution in [0.4, 0.5) is 5.69 Å². The molecule has 0 atom stereocenters.